The molecule has 11 nitrogen and oxygen atoms in total. The molecule has 232 valence electrons. The molecular weight excluding hydrogens is 597 g/mol. The fourth-order valence-electron chi connectivity index (χ4n) is 4.86. The first-order valence-corrected chi connectivity index (χ1v) is 17.9. The lowest BCUT2D eigenvalue weighted by molar-refractivity contribution is -0.0747. The highest BCUT2D eigenvalue weighted by molar-refractivity contribution is 7.57. The van der Waals surface area contributed by atoms with Crippen molar-refractivity contribution in [3.8, 4) is 0 Å². The van der Waals surface area contributed by atoms with E-state index in [2.05, 4.69) is 0 Å². The highest BCUT2D eigenvalue weighted by Gasteiger charge is 2.38. The number of aliphatic hydroxyl groups is 2. The van der Waals surface area contributed by atoms with E-state index in [4.69, 9.17) is 9.72 Å². The minimum Gasteiger partial charge on any atom is -0.372 e. The van der Waals surface area contributed by atoms with E-state index in [-0.39, 0.29) is 64.6 Å². The third-order valence-electron chi connectivity index (χ3n) is 7.72. The molecule has 0 aliphatic carbocycles. The van der Waals surface area contributed by atoms with Crippen molar-refractivity contribution in [2.24, 2.45) is 0 Å². The second-order valence-electron chi connectivity index (χ2n) is 10.6. The molecular formula is C28H43N4O7P3. The predicted molar refractivity (Wildman–Crippen MR) is 162 cm³/mol. The molecule has 1 aromatic carbocycles. The summed E-state index contributed by atoms with van der Waals surface area (Å²) in [6.07, 6.45) is 0.423. The Bertz CT molecular complexity index is 1230. The molecule has 0 saturated carbocycles. The third-order valence-corrected chi connectivity index (χ3v) is 11.3. The quantitative estimate of drug-likeness (QED) is 0.263. The maximum atomic E-state index is 12.7. The van der Waals surface area contributed by atoms with Crippen molar-refractivity contribution in [1.82, 2.24) is 19.7 Å². The smallest absolute Gasteiger partial charge is 0.213 e. The number of nitrogens with zero attached hydrogens (tertiary/aromatic N) is 4. The fourth-order valence-corrected chi connectivity index (χ4v) is 6.78. The number of benzene rings is 1. The van der Waals surface area contributed by atoms with E-state index in [0.29, 0.717) is 24.5 Å². The molecule has 0 amide bonds. The molecule has 0 saturated heterocycles. The van der Waals surface area contributed by atoms with E-state index in [1.165, 1.54) is 0 Å². The minimum absolute atomic E-state index is 0.0489. The molecule has 1 aromatic heterocycles. The molecule has 1 aliphatic heterocycles. The Kier molecular flexibility index (Phi) is 13.3. The molecule has 0 fully saturated rings. The summed E-state index contributed by atoms with van der Waals surface area (Å²) < 4.78 is 43.1. The number of fused-ring (bicyclic) bond motifs is 2. The number of rotatable bonds is 13. The first kappa shape index (κ1) is 35.0. The van der Waals surface area contributed by atoms with Gasteiger partial charge in [-0.15, -0.1) is 0 Å². The standard InChI is InChI=1S/C28H43N4O7P3/c1-4-27(33,40-35)31-15-14-30(22-42(37,38)6-3)18-25-13-12-24(21-39-20-23-10-8-7-9-11-23)26(29-25)19-32(17-16-31)28(34,5-2)41-36/h7-13,33-34H,4-6,14-22H2,1-3H3,(H,37,38). The lowest BCUT2D eigenvalue weighted by Gasteiger charge is -2.40. The van der Waals surface area contributed by atoms with Gasteiger partial charge in [-0.1, -0.05) is 57.2 Å². The van der Waals surface area contributed by atoms with Crippen molar-refractivity contribution in [2.75, 3.05) is 38.6 Å². The van der Waals surface area contributed by atoms with E-state index in [0.717, 1.165) is 11.1 Å². The van der Waals surface area contributed by atoms with Crippen molar-refractivity contribution in [2.45, 2.75) is 70.8 Å². The van der Waals surface area contributed by atoms with Gasteiger partial charge in [0.1, 0.15) is 0 Å². The normalized spacial score (nSPS) is 20.7. The topological polar surface area (TPSA) is 144 Å². The summed E-state index contributed by atoms with van der Waals surface area (Å²) >= 11 is 0. The largest absolute Gasteiger partial charge is 0.372 e. The van der Waals surface area contributed by atoms with Gasteiger partial charge in [-0.2, -0.15) is 0 Å². The first-order valence-electron chi connectivity index (χ1n) is 14.3. The number of ether oxygens (including phenoxy) is 1. The van der Waals surface area contributed by atoms with Crippen LogP contribution in [0.2, 0.25) is 0 Å². The van der Waals surface area contributed by atoms with Crippen molar-refractivity contribution in [3.63, 3.8) is 0 Å². The lowest BCUT2D eigenvalue weighted by Crippen LogP contribution is -2.53. The van der Waals surface area contributed by atoms with Gasteiger partial charge >= 0.3 is 0 Å². The Morgan fingerprint density at radius 2 is 1.50 bits per heavy atom. The molecule has 1 aliphatic rings. The summed E-state index contributed by atoms with van der Waals surface area (Å²) in [5, 5.41) is 22.5. The second kappa shape index (κ2) is 16.0. The van der Waals surface area contributed by atoms with Crippen molar-refractivity contribution in [3.05, 3.63) is 65.0 Å². The van der Waals surface area contributed by atoms with E-state index in [1.54, 1.807) is 30.6 Å². The van der Waals surface area contributed by atoms with Crippen LogP contribution in [0.5, 0.6) is 0 Å². The SMILES string of the molecule is CCC(O)(P=O)N1CCN(CP(=O)(O)CC)Cc2ccc(COCc3ccccc3)c(n2)CN(C(O)(CC)P=O)CC1. The van der Waals surface area contributed by atoms with Gasteiger partial charge < -0.3 is 19.8 Å². The van der Waals surface area contributed by atoms with Crippen molar-refractivity contribution >= 4 is 24.3 Å². The predicted octanol–water partition coefficient (Wildman–Crippen LogP) is 4.66. The number of hydrogen-bond donors (Lipinski definition) is 3. The van der Waals surface area contributed by atoms with E-state index >= 15 is 0 Å². The second-order valence-corrected chi connectivity index (χ2v) is 15.0. The van der Waals surface area contributed by atoms with Crippen LogP contribution in [-0.4, -0.2) is 84.3 Å². The number of aromatic nitrogens is 1. The molecule has 3 rings (SSSR count). The summed E-state index contributed by atoms with van der Waals surface area (Å²) in [6, 6.07) is 13.6. The Morgan fingerprint density at radius 1 is 0.881 bits per heavy atom. The zero-order chi connectivity index (χ0) is 30.8. The van der Waals surface area contributed by atoms with Crippen LogP contribution in [0.25, 0.3) is 0 Å². The molecule has 0 radical (unpaired) electrons. The van der Waals surface area contributed by atoms with E-state index in [1.807, 2.05) is 47.4 Å². The summed E-state index contributed by atoms with van der Waals surface area (Å²) in [6.45, 7) is 7.13. The number of pyridine rings is 1. The fraction of sp³-hybridized carbons (Fsp3) is 0.607. The molecule has 2 aromatic rings. The highest BCUT2D eigenvalue weighted by atomic mass is 31.2. The van der Waals surface area contributed by atoms with Crippen LogP contribution in [0.1, 0.15) is 56.1 Å². The Labute approximate surface area is 251 Å². The number of hydrogen-bond acceptors (Lipinski definition) is 10. The summed E-state index contributed by atoms with van der Waals surface area (Å²) in [7, 11) is -4.38. The molecule has 3 N–H and O–H groups in total. The van der Waals surface area contributed by atoms with Gasteiger partial charge in [0.25, 0.3) is 0 Å². The zero-order valence-electron chi connectivity index (χ0n) is 24.6. The monoisotopic (exact) mass is 640 g/mol. The first-order chi connectivity index (χ1) is 20.0. The molecule has 2 bridgehead atoms. The van der Waals surface area contributed by atoms with Gasteiger partial charge in [0.15, 0.2) is 5.47 Å². The van der Waals surface area contributed by atoms with Crippen LogP contribution in [0.3, 0.4) is 0 Å². The van der Waals surface area contributed by atoms with Gasteiger partial charge in [0, 0.05) is 51.0 Å². The van der Waals surface area contributed by atoms with Crippen molar-refractivity contribution < 1.29 is 33.5 Å². The maximum absolute atomic E-state index is 12.7. The Morgan fingerprint density at radius 3 is 2.12 bits per heavy atom. The van der Waals surface area contributed by atoms with Gasteiger partial charge in [-0.3, -0.25) is 33.4 Å². The van der Waals surface area contributed by atoms with Crippen LogP contribution < -0.4 is 0 Å². The third kappa shape index (κ3) is 9.51. The minimum atomic E-state index is -3.43. The molecule has 42 heavy (non-hydrogen) atoms. The highest BCUT2D eigenvalue weighted by Crippen LogP contribution is 2.41. The average Bonchev–Trinajstić information content (AvgIpc) is 3.00. The van der Waals surface area contributed by atoms with E-state index < -0.39 is 35.2 Å². The Hall–Kier alpha value is -1.48. The Balaban J connectivity index is 2.02. The van der Waals surface area contributed by atoms with Crippen molar-refractivity contribution in [1.29, 1.82) is 0 Å². The maximum Gasteiger partial charge on any atom is 0.213 e. The van der Waals surface area contributed by atoms with Gasteiger partial charge in [0.05, 0.1) is 30.9 Å². The van der Waals surface area contributed by atoms with Crippen LogP contribution >= 0.6 is 24.3 Å². The summed E-state index contributed by atoms with van der Waals surface area (Å²) in [5.74, 6) is 0. The van der Waals surface area contributed by atoms with Gasteiger partial charge in [-0.05, 0) is 24.5 Å². The molecule has 0 spiro atoms. The molecule has 2 heterocycles. The molecule has 3 unspecified atom stereocenters. The molecule has 14 heteroatoms. The summed E-state index contributed by atoms with van der Waals surface area (Å²) in [4.78, 5) is 20.5. The van der Waals surface area contributed by atoms with Gasteiger partial charge in [-0.25, -0.2) is 0 Å². The van der Waals surface area contributed by atoms with E-state index in [9.17, 15) is 28.8 Å². The van der Waals surface area contributed by atoms with Crippen LogP contribution in [-0.2, 0) is 44.7 Å². The van der Waals surface area contributed by atoms with Crippen LogP contribution in [0.15, 0.2) is 42.5 Å². The lowest BCUT2D eigenvalue weighted by atomic mass is 10.1. The molecule has 3 atom stereocenters. The average molecular weight is 641 g/mol. The zero-order valence-corrected chi connectivity index (χ0v) is 27.3. The van der Waals surface area contributed by atoms with Gasteiger partial charge in [0.2, 0.25) is 29.8 Å². The summed E-state index contributed by atoms with van der Waals surface area (Å²) in [5.41, 5.74) is -0.251. The van der Waals surface area contributed by atoms with Crippen LogP contribution in [0, 0.1) is 0 Å². The van der Waals surface area contributed by atoms with Crippen LogP contribution in [0.4, 0.5) is 0 Å².